The third-order valence-corrected chi connectivity index (χ3v) is 4.45. The zero-order valence-electron chi connectivity index (χ0n) is 12.4. The number of likely N-dealkylation sites (tertiary alicyclic amines) is 1. The third-order valence-electron chi connectivity index (χ3n) is 4.22. The van der Waals surface area contributed by atoms with Crippen LogP contribution in [0.25, 0.3) is 10.9 Å². The van der Waals surface area contributed by atoms with Crippen molar-refractivity contribution >= 4 is 34.9 Å². The van der Waals surface area contributed by atoms with Gasteiger partial charge >= 0.3 is 0 Å². The highest BCUT2D eigenvalue weighted by Crippen LogP contribution is 2.29. The smallest absolute Gasteiger partial charge is 0.258 e. The molecule has 1 aliphatic rings. The molecule has 1 atom stereocenters. The third kappa shape index (κ3) is 3.43. The van der Waals surface area contributed by atoms with E-state index < -0.39 is 0 Å². The van der Waals surface area contributed by atoms with E-state index in [9.17, 15) is 4.79 Å². The van der Waals surface area contributed by atoms with Crippen LogP contribution in [0.5, 0.6) is 0 Å². The van der Waals surface area contributed by atoms with Crippen molar-refractivity contribution in [3.05, 3.63) is 39.4 Å². The highest BCUT2D eigenvalue weighted by atomic mass is 35.5. The highest BCUT2D eigenvalue weighted by molar-refractivity contribution is 6.31. The van der Waals surface area contributed by atoms with Crippen LogP contribution in [0.2, 0.25) is 5.02 Å². The Labute approximate surface area is 140 Å². The first-order chi connectivity index (χ1) is 9.99. The number of aromatic nitrogens is 2. The summed E-state index contributed by atoms with van der Waals surface area (Å²) in [6.45, 7) is 5.44. The van der Waals surface area contributed by atoms with E-state index in [-0.39, 0.29) is 23.4 Å². The number of nitrogens with two attached hydrogens (primary N) is 1. The van der Waals surface area contributed by atoms with Gasteiger partial charge in [0.2, 0.25) is 0 Å². The van der Waals surface area contributed by atoms with Gasteiger partial charge in [-0.2, -0.15) is 0 Å². The van der Waals surface area contributed by atoms with E-state index >= 15 is 0 Å². The molecule has 5 nitrogen and oxygen atoms in total. The number of halogens is 2. The lowest BCUT2D eigenvalue weighted by Crippen LogP contribution is -2.31. The summed E-state index contributed by atoms with van der Waals surface area (Å²) in [5.74, 6) is 0.691. The molecule has 120 valence electrons. The monoisotopic (exact) mass is 342 g/mol. The summed E-state index contributed by atoms with van der Waals surface area (Å²) in [5.41, 5.74) is 6.53. The van der Waals surface area contributed by atoms with Crippen molar-refractivity contribution in [1.82, 2.24) is 14.9 Å². The van der Waals surface area contributed by atoms with Gasteiger partial charge in [-0.25, -0.2) is 4.98 Å². The Morgan fingerprint density at radius 2 is 2.27 bits per heavy atom. The molecule has 1 fully saturated rings. The van der Waals surface area contributed by atoms with Crippen LogP contribution >= 0.6 is 24.0 Å². The minimum absolute atomic E-state index is 0. The van der Waals surface area contributed by atoms with Crippen molar-refractivity contribution in [2.24, 2.45) is 11.1 Å². The summed E-state index contributed by atoms with van der Waals surface area (Å²) in [7, 11) is 0. The van der Waals surface area contributed by atoms with Crippen molar-refractivity contribution < 1.29 is 0 Å². The van der Waals surface area contributed by atoms with Crippen molar-refractivity contribution in [2.75, 3.05) is 19.6 Å². The van der Waals surface area contributed by atoms with E-state index in [4.69, 9.17) is 17.3 Å². The standard InChI is InChI=1S/C15H19ClN4O.ClH/c1-15(8-17)4-5-20(9-15)7-13-18-12-3-2-10(16)6-11(12)14(21)19-13;/h2-3,6H,4-5,7-9,17H2,1H3,(H,18,19,21);1H. The maximum absolute atomic E-state index is 12.1. The van der Waals surface area contributed by atoms with E-state index in [1.54, 1.807) is 18.2 Å². The number of hydrogen-bond donors (Lipinski definition) is 2. The fourth-order valence-electron chi connectivity index (χ4n) is 2.87. The lowest BCUT2D eigenvalue weighted by molar-refractivity contribution is 0.269. The van der Waals surface area contributed by atoms with Gasteiger partial charge in [0.15, 0.2) is 0 Å². The van der Waals surface area contributed by atoms with Gasteiger partial charge in [-0.05, 0) is 43.1 Å². The van der Waals surface area contributed by atoms with Gasteiger partial charge < -0.3 is 10.7 Å². The van der Waals surface area contributed by atoms with Gasteiger partial charge in [0, 0.05) is 11.6 Å². The molecular weight excluding hydrogens is 323 g/mol. The SMILES string of the molecule is CC1(CN)CCN(Cc2nc3ccc(Cl)cc3c(=O)[nH]2)C1.Cl. The largest absolute Gasteiger partial charge is 0.330 e. The Morgan fingerprint density at radius 3 is 2.95 bits per heavy atom. The van der Waals surface area contributed by atoms with Crippen LogP contribution in [-0.2, 0) is 6.54 Å². The van der Waals surface area contributed by atoms with Crippen LogP contribution < -0.4 is 11.3 Å². The van der Waals surface area contributed by atoms with Gasteiger partial charge in [-0.15, -0.1) is 12.4 Å². The molecular formula is C15H20Cl2N4O. The molecule has 7 heteroatoms. The molecule has 3 rings (SSSR count). The number of rotatable bonds is 3. The van der Waals surface area contributed by atoms with Crippen LogP contribution in [0.4, 0.5) is 0 Å². The lowest BCUT2D eigenvalue weighted by atomic mass is 9.90. The summed E-state index contributed by atoms with van der Waals surface area (Å²) in [6, 6.07) is 5.18. The second-order valence-corrected chi connectivity index (χ2v) is 6.59. The molecule has 1 saturated heterocycles. The Balaban J connectivity index is 0.00000176. The molecule has 3 N–H and O–H groups in total. The second-order valence-electron chi connectivity index (χ2n) is 6.15. The fraction of sp³-hybridized carbons (Fsp3) is 0.467. The van der Waals surface area contributed by atoms with Gasteiger partial charge in [-0.3, -0.25) is 9.69 Å². The zero-order valence-corrected chi connectivity index (χ0v) is 14.0. The number of benzene rings is 1. The molecule has 2 heterocycles. The normalized spacial score (nSPS) is 22.0. The number of fused-ring (bicyclic) bond motifs is 1. The van der Waals surface area contributed by atoms with Crippen LogP contribution in [0, 0.1) is 5.41 Å². The van der Waals surface area contributed by atoms with E-state index in [0.717, 1.165) is 19.5 Å². The molecule has 0 saturated carbocycles. The quantitative estimate of drug-likeness (QED) is 0.896. The van der Waals surface area contributed by atoms with Gasteiger partial charge in [-0.1, -0.05) is 18.5 Å². The van der Waals surface area contributed by atoms with Crippen LogP contribution in [0.15, 0.2) is 23.0 Å². The van der Waals surface area contributed by atoms with E-state index in [1.165, 1.54) is 0 Å². The van der Waals surface area contributed by atoms with E-state index in [0.29, 0.717) is 34.8 Å². The highest BCUT2D eigenvalue weighted by Gasteiger charge is 2.32. The number of nitrogens with zero attached hydrogens (tertiary/aromatic N) is 2. The molecule has 0 bridgehead atoms. The average Bonchev–Trinajstić information content (AvgIpc) is 2.82. The van der Waals surface area contributed by atoms with Crippen LogP contribution in [0.1, 0.15) is 19.2 Å². The predicted molar refractivity (Wildman–Crippen MR) is 91.7 cm³/mol. The fourth-order valence-corrected chi connectivity index (χ4v) is 3.05. The lowest BCUT2D eigenvalue weighted by Gasteiger charge is -2.22. The first-order valence-electron chi connectivity index (χ1n) is 7.10. The van der Waals surface area contributed by atoms with Crippen molar-refractivity contribution in [2.45, 2.75) is 19.9 Å². The maximum Gasteiger partial charge on any atom is 0.258 e. The van der Waals surface area contributed by atoms with Crippen molar-refractivity contribution in [1.29, 1.82) is 0 Å². The summed E-state index contributed by atoms with van der Waals surface area (Å²) in [5, 5.41) is 1.07. The molecule has 2 aromatic rings. The molecule has 0 amide bonds. The van der Waals surface area contributed by atoms with E-state index in [2.05, 4.69) is 21.8 Å². The average molecular weight is 343 g/mol. The molecule has 0 radical (unpaired) electrons. The Bertz CT molecular complexity index is 733. The predicted octanol–water partition coefficient (Wildman–Crippen LogP) is 2.17. The Kier molecular flexibility index (Phi) is 5.12. The molecule has 0 aliphatic carbocycles. The van der Waals surface area contributed by atoms with Gasteiger partial charge in [0.05, 0.1) is 17.4 Å². The van der Waals surface area contributed by atoms with E-state index in [1.807, 2.05) is 0 Å². The second kappa shape index (κ2) is 6.54. The summed E-state index contributed by atoms with van der Waals surface area (Å²) >= 11 is 5.91. The minimum atomic E-state index is -0.140. The molecule has 0 spiro atoms. The number of hydrogen-bond acceptors (Lipinski definition) is 4. The molecule has 1 aromatic carbocycles. The summed E-state index contributed by atoms with van der Waals surface area (Å²) < 4.78 is 0. The Hall–Kier alpha value is -1.14. The minimum Gasteiger partial charge on any atom is -0.330 e. The van der Waals surface area contributed by atoms with Crippen molar-refractivity contribution in [3.63, 3.8) is 0 Å². The zero-order chi connectivity index (χ0) is 15.0. The van der Waals surface area contributed by atoms with Crippen LogP contribution in [-0.4, -0.2) is 34.5 Å². The molecule has 22 heavy (non-hydrogen) atoms. The number of nitrogens with one attached hydrogen (secondary N) is 1. The molecule has 1 aromatic heterocycles. The number of H-pyrrole nitrogens is 1. The first-order valence-corrected chi connectivity index (χ1v) is 7.48. The maximum atomic E-state index is 12.1. The van der Waals surface area contributed by atoms with Crippen LogP contribution in [0.3, 0.4) is 0 Å². The van der Waals surface area contributed by atoms with Gasteiger partial charge in [0.25, 0.3) is 5.56 Å². The number of aromatic amines is 1. The summed E-state index contributed by atoms with van der Waals surface area (Å²) in [6.07, 6.45) is 1.08. The summed E-state index contributed by atoms with van der Waals surface area (Å²) in [4.78, 5) is 21.8. The Morgan fingerprint density at radius 1 is 1.50 bits per heavy atom. The first kappa shape index (κ1) is 17.2. The molecule has 1 unspecified atom stereocenters. The topological polar surface area (TPSA) is 75.0 Å². The molecule has 1 aliphatic heterocycles. The van der Waals surface area contributed by atoms with Crippen molar-refractivity contribution in [3.8, 4) is 0 Å². The van der Waals surface area contributed by atoms with Gasteiger partial charge in [0.1, 0.15) is 5.82 Å².